The molecule has 0 spiro atoms. The molecule has 0 aromatic carbocycles. The van der Waals surface area contributed by atoms with Crippen molar-refractivity contribution in [3.8, 4) is 0 Å². The van der Waals surface area contributed by atoms with Crippen LogP contribution in [0.5, 0.6) is 0 Å². The van der Waals surface area contributed by atoms with E-state index in [0.717, 1.165) is 30.3 Å². The predicted molar refractivity (Wildman–Crippen MR) is 70.2 cm³/mol. The van der Waals surface area contributed by atoms with Crippen molar-refractivity contribution >= 4 is 5.82 Å². The first-order valence-corrected chi connectivity index (χ1v) is 6.31. The van der Waals surface area contributed by atoms with E-state index >= 15 is 0 Å². The molecule has 2 rings (SSSR count). The third-order valence-corrected chi connectivity index (χ3v) is 3.51. The molecule has 0 saturated carbocycles. The summed E-state index contributed by atoms with van der Waals surface area (Å²) in [7, 11) is 2.18. The lowest BCUT2D eigenvalue weighted by molar-refractivity contribution is 0.206. The highest BCUT2D eigenvalue weighted by atomic mass is 15.1. The number of rotatable bonds is 2. The molecule has 1 aliphatic heterocycles. The zero-order chi connectivity index (χ0) is 12.4. The van der Waals surface area contributed by atoms with Crippen LogP contribution in [0.1, 0.15) is 24.7 Å². The minimum absolute atomic E-state index is 0.515. The Hall–Kier alpha value is -1.16. The predicted octanol–water partition coefficient (Wildman–Crippen LogP) is 1.85. The summed E-state index contributed by atoms with van der Waals surface area (Å²) in [5.74, 6) is 1.60. The van der Waals surface area contributed by atoms with Gasteiger partial charge in [0.15, 0.2) is 0 Å². The van der Waals surface area contributed by atoms with E-state index in [9.17, 15) is 0 Å². The molecule has 4 heteroatoms. The number of hydrogen-bond acceptors (Lipinski definition) is 4. The van der Waals surface area contributed by atoms with Crippen molar-refractivity contribution in [3.63, 3.8) is 0 Å². The molecule has 0 aliphatic carbocycles. The van der Waals surface area contributed by atoms with E-state index in [-0.39, 0.29) is 0 Å². The van der Waals surface area contributed by atoms with Gasteiger partial charge in [-0.2, -0.15) is 0 Å². The van der Waals surface area contributed by atoms with Crippen LogP contribution in [0.4, 0.5) is 5.82 Å². The third-order valence-electron chi connectivity index (χ3n) is 3.51. The first-order valence-electron chi connectivity index (χ1n) is 6.31. The van der Waals surface area contributed by atoms with Gasteiger partial charge in [-0.1, -0.05) is 6.92 Å². The molecule has 1 aromatic rings. The van der Waals surface area contributed by atoms with E-state index in [1.165, 1.54) is 6.42 Å². The van der Waals surface area contributed by atoms with E-state index in [2.05, 4.69) is 34.2 Å². The molecule has 2 unspecified atom stereocenters. The second-order valence-electron chi connectivity index (χ2n) is 5.22. The first kappa shape index (κ1) is 12.3. The molecule has 1 saturated heterocycles. The molecule has 1 fully saturated rings. The summed E-state index contributed by atoms with van der Waals surface area (Å²) in [6.07, 6.45) is 2.99. The van der Waals surface area contributed by atoms with Crippen molar-refractivity contribution in [3.05, 3.63) is 17.6 Å². The van der Waals surface area contributed by atoms with Crippen LogP contribution in [0.3, 0.4) is 0 Å². The van der Waals surface area contributed by atoms with Gasteiger partial charge in [-0.3, -0.25) is 4.98 Å². The number of piperidine rings is 1. The SMILES string of the molecule is Cc1cnc(C)c(NC2CCN(C)CC2C)n1. The Balaban J connectivity index is 2.07. The second kappa shape index (κ2) is 5.00. The van der Waals surface area contributed by atoms with Gasteiger partial charge in [0.05, 0.1) is 11.4 Å². The van der Waals surface area contributed by atoms with Crippen LogP contribution in [-0.2, 0) is 0 Å². The van der Waals surface area contributed by atoms with Crippen LogP contribution in [0.15, 0.2) is 6.20 Å². The standard InChI is InChI=1S/C13H22N4/c1-9-8-17(4)6-5-12(9)16-13-11(3)14-7-10(2)15-13/h7,9,12H,5-6,8H2,1-4H3,(H,15,16). The lowest BCUT2D eigenvalue weighted by atomic mass is 9.94. The highest BCUT2D eigenvalue weighted by Crippen LogP contribution is 2.20. The number of nitrogens with one attached hydrogen (secondary N) is 1. The van der Waals surface area contributed by atoms with Crippen LogP contribution >= 0.6 is 0 Å². The molecule has 0 bridgehead atoms. The molecule has 1 N–H and O–H groups in total. The molecule has 94 valence electrons. The maximum absolute atomic E-state index is 4.53. The van der Waals surface area contributed by atoms with Gasteiger partial charge in [0, 0.05) is 18.8 Å². The molecular weight excluding hydrogens is 212 g/mol. The van der Waals surface area contributed by atoms with Crippen molar-refractivity contribution in [2.45, 2.75) is 33.2 Å². The Kier molecular flexibility index (Phi) is 3.62. The monoisotopic (exact) mass is 234 g/mol. The van der Waals surface area contributed by atoms with Crippen molar-refractivity contribution in [2.24, 2.45) is 5.92 Å². The molecule has 2 atom stereocenters. The number of hydrogen-bond donors (Lipinski definition) is 1. The summed E-state index contributed by atoms with van der Waals surface area (Å²) >= 11 is 0. The van der Waals surface area contributed by atoms with Gasteiger partial charge >= 0.3 is 0 Å². The summed E-state index contributed by atoms with van der Waals surface area (Å²) in [5.41, 5.74) is 1.96. The maximum atomic E-state index is 4.53. The molecule has 0 amide bonds. The fourth-order valence-electron chi connectivity index (χ4n) is 2.42. The van der Waals surface area contributed by atoms with E-state index in [0.29, 0.717) is 12.0 Å². The van der Waals surface area contributed by atoms with E-state index in [1.807, 2.05) is 20.0 Å². The Bertz CT molecular complexity index is 391. The van der Waals surface area contributed by atoms with Gasteiger partial charge in [-0.15, -0.1) is 0 Å². The highest BCUT2D eigenvalue weighted by molar-refractivity contribution is 5.40. The number of likely N-dealkylation sites (tertiary alicyclic amines) is 1. The minimum Gasteiger partial charge on any atom is -0.365 e. The number of nitrogens with zero attached hydrogens (tertiary/aromatic N) is 3. The summed E-state index contributed by atoms with van der Waals surface area (Å²) in [6.45, 7) is 8.59. The van der Waals surface area contributed by atoms with Gasteiger partial charge in [-0.05, 0) is 39.8 Å². The lowest BCUT2D eigenvalue weighted by Crippen LogP contribution is -2.43. The van der Waals surface area contributed by atoms with Gasteiger partial charge in [0.25, 0.3) is 0 Å². The topological polar surface area (TPSA) is 41.1 Å². The zero-order valence-corrected chi connectivity index (χ0v) is 11.2. The number of aromatic nitrogens is 2. The van der Waals surface area contributed by atoms with E-state index < -0.39 is 0 Å². The minimum atomic E-state index is 0.515. The molecule has 1 aromatic heterocycles. The van der Waals surface area contributed by atoms with Crippen LogP contribution in [0.2, 0.25) is 0 Å². The largest absolute Gasteiger partial charge is 0.365 e. The summed E-state index contributed by atoms with van der Waals surface area (Å²) in [5, 5.41) is 3.56. The average Bonchev–Trinajstić information content (AvgIpc) is 2.27. The lowest BCUT2D eigenvalue weighted by Gasteiger charge is -2.35. The molecule has 4 nitrogen and oxygen atoms in total. The van der Waals surface area contributed by atoms with Crippen LogP contribution in [-0.4, -0.2) is 41.0 Å². The molecule has 0 radical (unpaired) electrons. The van der Waals surface area contributed by atoms with Crippen LogP contribution in [0, 0.1) is 19.8 Å². The normalized spacial score (nSPS) is 25.9. The summed E-state index contributed by atoms with van der Waals surface area (Å²) < 4.78 is 0. The molecule has 2 heterocycles. The van der Waals surface area contributed by atoms with Gasteiger partial charge < -0.3 is 10.2 Å². The fraction of sp³-hybridized carbons (Fsp3) is 0.692. The van der Waals surface area contributed by atoms with Gasteiger partial charge in [0.1, 0.15) is 5.82 Å². The number of anilines is 1. The second-order valence-corrected chi connectivity index (χ2v) is 5.22. The maximum Gasteiger partial charge on any atom is 0.147 e. The quantitative estimate of drug-likeness (QED) is 0.848. The molecule has 1 aliphatic rings. The van der Waals surface area contributed by atoms with Crippen molar-refractivity contribution in [1.82, 2.24) is 14.9 Å². The smallest absolute Gasteiger partial charge is 0.147 e. The van der Waals surface area contributed by atoms with Crippen LogP contribution < -0.4 is 5.32 Å². The Morgan fingerprint density at radius 1 is 1.41 bits per heavy atom. The average molecular weight is 234 g/mol. The molecular formula is C13H22N4. The summed E-state index contributed by atoms with van der Waals surface area (Å²) in [4.78, 5) is 11.3. The van der Waals surface area contributed by atoms with E-state index in [1.54, 1.807) is 0 Å². The van der Waals surface area contributed by atoms with Crippen molar-refractivity contribution < 1.29 is 0 Å². The van der Waals surface area contributed by atoms with Crippen molar-refractivity contribution in [2.75, 3.05) is 25.5 Å². The number of aryl methyl sites for hydroxylation is 2. The Morgan fingerprint density at radius 3 is 2.88 bits per heavy atom. The summed E-state index contributed by atoms with van der Waals surface area (Å²) in [6, 6.07) is 0.515. The molecule has 17 heavy (non-hydrogen) atoms. The highest BCUT2D eigenvalue weighted by Gasteiger charge is 2.24. The van der Waals surface area contributed by atoms with Crippen molar-refractivity contribution in [1.29, 1.82) is 0 Å². The first-order chi connectivity index (χ1) is 8.06. The Labute approximate surface area is 103 Å². The third kappa shape index (κ3) is 2.94. The van der Waals surface area contributed by atoms with Gasteiger partial charge in [0.2, 0.25) is 0 Å². The van der Waals surface area contributed by atoms with Gasteiger partial charge in [-0.25, -0.2) is 4.98 Å². The van der Waals surface area contributed by atoms with E-state index in [4.69, 9.17) is 0 Å². The Morgan fingerprint density at radius 2 is 2.18 bits per heavy atom. The zero-order valence-electron chi connectivity index (χ0n) is 11.2. The van der Waals surface area contributed by atoms with Crippen LogP contribution in [0.25, 0.3) is 0 Å². The fourth-order valence-corrected chi connectivity index (χ4v) is 2.42.